The fourth-order valence-corrected chi connectivity index (χ4v) is 4.52. The Balaban J connectivity index is 1.54. The van der Waals surface area contributed by atoms with E-state index in [4.69, 9.17) is 9.47 Å². The average molecular weight is 552 g/mol. The van der Waals surface area contributed by atoms with E-state index < -0.39 is 40.9 Å². The maximum Gasteiger partial charge on any atom is 0.328 e. The highest BCUT2D eigenvalue weighted by molar-refractivity contribution is 7.14. The van der Waals surface area contributed by atoms with Crippen molar-refractivity contribution in [3.63, 3.8) is 0 Å². The lowest BCUT2D eigenvalue weighted by atomic mass is 9.92. The van der Waals surface area contributed by atoms with Crippen molar-refractivity contribution in [3.05, 3.63) is 50.1 Å². The first-order chi connectivity index (χ1) is 18.4. The third-order valence-electron chi connectivity index (χ3n) is 5.92. The Labute approximate surface area is 226 Å². The molecule has 1 aliphatic rings. The molecule has 0 radical (unpaired) electrons. The zero-order valence-corrected chi connectivity index (χ0v) is 22.6. The molecule has 13 heteroatoms. The van der Waals surface area contributed by atoms with Crippen molar-refractivity contribution < 1.29 is 28.7 Å². The Morgan fingerprint density at radius 2 is 1.77 bits per heavy atom. The van der Waals surface area contributed by atoms with Gasteiger partial charge in [-0.3, -0.25) is 24.7 Å². The van der Waals surface area contributed by atoms with Crippen LogP contribution in [0, 0.1) is 17.3 Å². The summed E-state index contributed by atoms with van der Waals surface area (Å²) in [4.78, 5) is 74.9. The molecule has 0 saturated carbocycles. The molecule has 12 nitrogen and oxygen atoms in total. The van der Waals surface area contributed by atoms with Gasteiger partial charge in [-0.15, -0.1) is 11.3 Å². The summed E-state index contributed by atoms with van der Waals surface area (Å²) in [6.07, 6.45) is 1.56. The Hall–Kier alpha value is -4.57. The van der Waals surface area contributed by atoms with E-state index in [-0.39, 0.29) is 34.2 Å². The van der Waals surface area contributed by atoms with Crippen LogP contribution in [0.1, 0.15) is 47.3 Å². The summed E-state index contributed by atoms with van der Waals surface area (Å²) < 4.78 is 9.49. The van der Waals surface area contributed by atoms with Crippen LogP contribution in [0.15, 0.2) is 29.2 Å². The number of nitrogens with one attached hydrogen (secondary N) is 2. The lowest BCUT2D eigenvalue weighted by Gasteiger charge is -2.44. The minimum Gasteiger partial charge on any atom is -0.467 e. The third-order valence-corrected chi connectivity index (χ3v) is 6.91. The fourth-order valence-electron chi connectivity index (χ4n) is 3.72. The van der Waals surface area contributed by atoms with Crippen LogP contribution in [-0.2, 0) is 23.9 Å². The largest absolute Gasteiger partial charge is 0.467 e. The molecule has 2 amide bonds. The van der Waals surface area contributed by atoms with Gasteiger partial charge in [0.2, 0.25) is 11.9 Å². The Morgan fingerprint density at radius 1 is 1.10 bits per heavy atom. The lowest BCUT2D eigenvalue weighted by Crippen LogP contribution is -2.64. The number of amides is 2. The predicted molar refractivity (Wildman–Crippen MR) is 141 cm³/mol. The van der Waals surface area contributed by atoms with Gasteiger partial charge in [0.25, 0.3) is 11.5 Å². The number of aromatic amines is 1. The number of pyridine rings is 1. The van der Waals surface area contributed by atoms with E-state index in [1.54, 1.807) is 32.9 Å². The molecule has 0 aromatic carbocycles. The number of aromatic nitrogens is 3. The first kappa shape index (κ1) is 27.5. The van der Waals surface area contributed by atoms with E-state index >= 15 is 0 Å². The van der Waals surface area contributed by atoms with Gasteiger partial charge in [-0.25, -0.2) is 14.6 Å². The molecule has 2 atom stereocenters. The van der Waals surface area contributed by atoms with Crippen LogP contribution in [0.4, 0.5) is 5.95 Å². The maximum atomic E-state index is 13.1. The summed E-state index contributed by atoms with van der Waals surface area (Å²) in [6, 6.07) is 2.97. The maximum absolute atomic E-state index is 13.1. The van der Waals surface area contributed by atoms with Crippen LogP contribution in [0.25, 0.3) is 11.0 Å². The molecule has 3 aromatic heterocycles. The van der Waals surface area contributed by atoms with Crippen LogP contribution in [0.3, 0.4) is 0 Å². The molecule has 0 aliphatic carbocycles. The molecule has 0 unspecified atom stereocenters. The number of carbonyl (C=O) groups excluding carboxylic acids is 4. The summed E-state index contributed by atoms with van der Waals surface area (Å²) in [5.74, 6) is 3.78. The van der Waals surface area contributed by atoms with Crippen LogP contribution in [0.2, 0.25) is 0 Å². The van der Waals surface area contributed by atoms with Crippen molar-refractivity contribution in [2.24, 2.45) is 5.41 Å². The summed E-state index contributed by atoms with van der Waals surface area (Å²) in [6.45, 7) is 5.21. The number of H-pyrrole nitrogens is 1. The number of esters is 2. The van der Waals surface area contributed by atoms with Crippen LogP contribution < -0.4 is 10.9 Å². The molecular formula is C26H25N5O7S. The highest BCUT2D eigenvalue weighted by atomic mass is 32.1. The predicted octanol–water partition coefficient (Wildman–Crippen LogP) is 1.69. The van der Waals surface area contributed by atoms with E-state index in [1.165, 1.54) is 26.5 Å². The summed E-state index contributed by atoms with van der Waals surface area (Å²) in [7, 11) is 2.43. The molecule has 1 fully saturated rings. The van der Waals surface area contributed by atoms with Gasteiger partial charge in [-0.05, 0) is 18.2 Å². The van der Waals surface area contributed by atoms with Crippen molar-refractivity contribution in [1.82, 2.24) is 19.9 Å². The smallest absolute Gasteiger partial charge is 0.328 e. The average Bonchev–Trinajstić information content (AvgIpc) is 3.35. The van der Waals surface area contributed by atoms with Crippen molar-refractivity contribution >= 4 is 52.1 Å². The van der Waals surface area contributed by atoms with Gasteiger partial charge in [0.1, 0.15) is 12.1 Å². The number of thiophene rings is 1. The van der Waals surface area contributed by atoms with Crippen molar-refractivity contribution in [2.45, 2.75) is 39.3 Å². The molecule has 0 bridgehead atoms. The zero-order chi connectivity index (χ0) is 28.5. The van der Waals surface area contributed by atoms with Crippen LogP contribution in [-0.4, -0.2) is 69.9 Å². The molecule has 39 heavy (non-hydrogen) atoms. The summed E-state index contributed by atoms with van der Waals surface area (Å²) in [5, 5.41) is 2.77. The number of fused-ring (bicyclic) bond motifs is 1. The van der Waals surface area contributed by atoms with Gasteiger partial charge in [0.15, 0.2) is 5.65 Å². The number of likely N-dealkylation sites (tertiary alicyclic amines) is 1. The number of hydrogen-bond donors (Lipinski definition) is 2. The van der Waals surface area contributed by atoms with E-state index in [0.717, 1.165) is 16.2 Å². The number of carbonyl (C=O) groups is 4. The van der Waals surface area contributed by atoms with Gasteiger partial charge in [0, 0.05) is 23.6 Å². The number of rotatable bonds is 4. The van der Waals surface area contributed by atoms with E-state index in [0.29, 0.717) is 10.4 Å². The topological polar surface area (TPSA) is 161 Å². The molecular weight excluding hydrogens is 526 g/mol. The quantitative estimate of drug-likeness (QED) is 0.363. The highest BCUT2D eigenvalue weighted by Crippen LogP contribution is 2.31. The van der Waals surface area contributed by atoms with Gasteiger partial charge >= 0.3 is 11.9 Å². The van der Waals surface area contributed by atoms with Crippen molar-refractivity contribution in [3.8, 4) is 11.8 Å². The third kappa shape index (κ3) is 5.65. The van der Waals surface area contributed by atoms with Gasteiger partial charge in [0.05, 0.1) is 29.4 Å². The van der Waals surface area contributed by atoms with E-state index in [1.807, 2.05) is 0 Å². The molecule has 3 aromatic rings. The lowest BCUT2D eigenvalue weighted by molar-refractivity contribution is -0.163. The second-order valence-corrected chi connectivity index (χ2v) is 10.7. The molecule has 1 saturated heterocycles. The second-order valence-electron chi connectivity index (χ2n) is 9.65. The number of anilines is 1. The van der Waals surface area contributed by atoms with Gasteiger partial charge < -0.3 is 14.4 Å². The number of nitrogens with zero attached hydrogens (tertiary/aromatic N) is 3. The summed E-state index contributed by atoms with van der Waals surface area (Å²) in [5.41, 5.74) is -0.581. The Morgan fingerprint density at radius 3 is 2.38 bits per heavy atom. The normalized spacial score (nSPS) is 16.5. The number of methoxy groups -OCH3 is 2. The Bertz CT molecular complexity index is 1590. The highest BCUT2D eigenvalue weighted by Gasteiger charge is 2.51. The summed E-state index contributed by atoms with van der Waals surface area (Å²) >= 11 is 1.09. The molecule has 2 N–H and O–H groups in total. The van der Waals surface area contributed by atoms with E-state index in [9.17, 15) is 24.0 Å². The monoisotopic (exact) mass is 551 g/mol. The standard InChI is InChI=1S/C26H25N5O7S/c1-26(2,3)24(36)30-25-28-19-15(20(32)29-25)10-13(12-27-19)6-7-14-8-9-18(39-14)21(33)31-16(22(34)37-4)11-17(31)23(35)38-5/h8-10,12,16-17H,11H2,1-5H3,(H2,27,28,29,30,32,36)/t16-,17-/m1/s1. The molecule has 202 valence electrons. The van der Waals surface area contributed by atoms with Crippen molar-refractivity contribution in [2.75, 3.05) is 19.5 Å². The second kappa shape index (κ2) is 10.7. The first-order valence-corrected chi connectivity index (χ1v) is 12.6. The SMILES string of the molecule is COC(=O)[C@H]1C[C@H](C(=O)OC)N1C(=O)c1ccc(C#Cc2cnc3nc(NC(=O)C(C)(C)C)[nH]c(=O)c3c2)s1. The molecule has 4 rings (SSSR count). The number of hydrogen-bond acceptors (Lipinski definition) is 10. The van der Waals surface area contributed by atoms with Gasteiger partial charge in [-0.1, -0.05) is 32.6 Å². The van der Waals surface area contributed by atoms with Crippen LogP contribution >= 0.6 is 11.3 Å². The molecule has 1 aliphatic heterocycles. The molecule has 0 spiro atoms. The first-order valence-electron chi connectivity index (χ1n) is 11.7. The van der Waals surface area contributed by atoms with Gasteiger partial charge in [-0.2, -0.15) is 4.98 Å². The fraction of sp³-hybridized carbons (Fsp3) is 0.346. The Kier molecular flexibility index (Phi) is 7.51. The minimum absolute atomic E-state index is 0.000574. The van der Waals surface area contributed by atoms with Crippen molar-refractivity contribution in [1.29, 1.82) is 0 Å². The zero-order valence-electron chi connectivity index (χ0n) is 21.8. The minimum atomic E-state index is -0.874. The van der Waals surface area contributed by atoms with Crippen LogP contribution in [0.5, 0.6) is 0 Å². The number of ether oxygens (including phenoxy) is 2. The van der Waals surface area contributed by atoms with E-state index in [2.05, 4.69) is 32.1 Å². The molecule has 4 heterocycles.